The third-order valence-electron chi connectivity index (χ3n) is 4.16. The van der Waals surface area contributed by atoms with Gasteiger partial charge in [-0.3, -0.25) is 10.1 Å². The van der Waals surface area contributed by atoms with Crippen LogP contribution in [0.25, 0.3) is 0 Å². The lowest BCUT2D eigenvalue weighted by Crippen LogP contribution is -2.35. The molecular weight excluding hydrogens is 306 g/mol. The summed E-state index contributed by atoms with van der Waals surface area (Å²) in [6.45, 7) is 1.56. The van der Waals surface area contributed by atoms with Gasteiger partial charge in [-0.1, -0.05) is 18.2 Å². The van der Waals surface area contributed by atoms with Gasteiger partial charge in [-0.05, 0) is 31.7 Å². The largest absolute Gasteiger partial charge is 0.276 e. The van der Waals surface area contributed by atoms with Gasteiger partial charge in [0.1, 0.15) is 0 Å². The highest BCUT2D eigenvalue weighted by molar-refractivity contribution is 7.89. The lowest BCUT2D eigenvalue weighted by Gasteiger charge is -2.31. The number of benzene rings is 1. The topological polar surface area (TPSA) is 102 Å². The van der Waals surface area contributed by atoms with Crippen molar-refractivity contribution in [1.29, 1.82) is 0 Å². The molecule has 0 saturated heterocycles. The average molecular weight is 321 g/mol. The molecule has 0 spiro atoms. The van der Waals surface area contributed by atoms with E-state index in [0.717, 1.165) is 24.6 Å². The smallest absolute Gasteiger partial charge is 0.258 e. The number of rotatable bonds is 4. The van der Waals surface area contributed by atoms with Crippen LogP contribution in [0, 0.1) is 28.9 Å². The summed E-state index contributed by atoms with van der Waals surface area (Å²) in [5.74, 6) is 0.777. The number of sulfonamides is 1. The van der Waals surface area contributed by atoms with Gasteiger partial charge < -0.3 is 0 Å². The van der Waals surface area contributed by atoms with Crippen LogP contribution < -0.4 is 4.83 Å². The number of nitro groups is 1. The van der Waals surface area contributed by atoms with E-state index in [9.17, 15) is 18.5 Å². The molecule has 1 fully saturated rings. The van der Waals surface area contributed by atoms with Crippen LogP contribution in [0.4, 0.5) is 5.69 Å². The Kier molecular flexibility index (Phi) is 3.48. The third-order valence-corrected chi connectivity index (χ3v) is 5.37. The Labute approximate surface area is 127 Å². The monoisotopic (exact) mass is 321 g/mol. The number of aryl methyl sites for hydroxylation is 1. The van der Waals surface area contributed by atoms with Crippen LogP contribution in [-0.2, 0) is 10.0 Å². The maximum Gasteiger partial charge on any atom is 0.276 e. The van der Waals surface area contributed by atoms with Crippen molar-refractivity contribution in [3.05, 3.63) is 46.0 Å². The SMILES string of the molecule is Cc1ccc(S(=O)(=O)N/N=C2/C[C@@H]3C=CC[C@@H]23)cc1[N+](=O)[O-]. The molecule has 22 heavy (non-hydrogen) atoms. The number of hydrogen-bond donors (Lipinski definition) is 1. The first-order chi connectivity index (χ1) is 10.4. The molecule has 0 amide bonds. The Hall–Kier alpha value is -2.22. The van der Waals surface area contributed by atoms with Crippen LogP contribution in [0.2, 0.25) is 0 Å². The highest BCUT2D eigenvalue weighted by Gasteiger charge is 2.38. The minimum absolute atomic E-state index is 0.158. The van der Waals surface area contributed by atoms with Crippen LogP contribution in [0.1, 0.15) is 18.4 Å². The van der Waals surface area contributed by atoms with E-state index in [1.807, 2.05) is 0 Å². The number of nitrogens with zero attached hydrogens (tertiary/aromatic N) is 2. The van der Waals surface area contributed by atoms with E-state index < -0.39 is 14.9 Å². The molecule has 1 N–H and O–H groups in total. The molecule has 116 valence electrons. The van der Waals surface area contributed by atoms with Crippen LogP contribution >= 0.6 is 0 Å². The van der Waals surface area contributed by atoms with Gasteiger partial charge in [0.05, 0.1) is 9.82 Å². The van der Waals surface area contributed by atoms with E-state index in [1.54, 1.807) is 6.92 Å². The molecule has 0 unspecified atom stereocenters. The van der Waals surface area contributed by atoms with E-state index in [4.69, 9.17) is 0 Å². The summed E-state index contributed by atoms with van der Waals surface area (Å²) in [4.78, 5) is 12.3. The Morgan fingerprint density at radius 1 is 1.41 bits per heavy atom. The van der Waals surface area contributed by atoms with E-state index in [-0.39, 0.29) is 10.6 Å². The first-order valence-corrected chi connectivity index (χ1v) is 8.37. The van der Waals surface area contributed by atoms with Crippen molar-refractivity contribution in [2.45, 2.75) is 24.7 Å². The minimum Gasteiger partial charge on any atom is -0.258 e. The molecule has 0 radical (unpaired) electrons. The molecule has 7 nitrogen and oxygen atoms in total. The van der Waals surface area contributed by atoms with Gasteiger partial charge in [-0.15, -0.1) is 0 Å². The highest BCUT2D eigenvalue weighted by atomic mass is 32.2. The van der Waals surface area contributed by atoms with Crippen molar-refractivity contribution in [2.24, 2.45) is 16.9 Å². The fraction of sp³-hybridized carbons (Fsp3) is 0.357. The number of hydrazone groups is 1. The zero-order chi connectivity index (χ0) is 15.9. The number of hydrogen-bond acceptors (Lipinski definition) is 5. The third kappa shape index (κ3) is 2.50. The average Bonchev–Trinajstić information content (AvgIpc) is 2.80. The van der Waals surface area contributed by atoms with E-state index in [1.165, 1.54) is 12.1 Å². The highest BCUT2D eigenvalue weighted by Crippen LogP contribution is 2.40. The molecular formula is C14H15N3O4S. The zero-order valence-corrected chi connectivity index (χ0v) is 12.7. The molecule has 2 aliphatic carbocycles. The number of nitrogens with one attached hydrogen (secondary N) is 1. The molecule has 1 aromatic carbocycles. The Bertz CT molecular complexity index is 798. The van der Waals surface area contributed by atoms with Crippen LogP contribution in [0.15, 0.2) is 40.3 Å². The van der Waals surface area contributed by atoms with Crippen molar-refractivity contribution in [3.63, 3.8) is 0 Å². The maximum atomic E-state index is 12.2. The zero-order valence-electron chi connectivity index (χ0n) is 11.9. The molecule has 0 bridgehead atoms. The van der Waals surface area contributed by atoms with Crippen LogP contribution in [0.5, 0.6) is 0 Å². The lowest BCUT2D eigenvalue weighted by atomic mass is 9.74. The molecule has 0 aliphatic heterocycles. The number of nitro benzene ring substituents is 1. The van der Waals surface area contributed by atoms with Crippen molar-refractivity contribution in [1.82, 2.24) is 4.83 Å². The molecule has 8 heteroatoms. The predicted molar refractivity (Wildman–Crippen MR) is 80.9 cm³/mol. The second kappa shape index (κ2) is 5.20. The molecule has 2 aliphatic rings. The molecule has 0 heterocycles. The number of fused-ring (bicyclic) bond motifs is 1. The molecule has 2 atom stereocenters. The normalized spacial score (nSPS) is 24.9. The molecule has 1 saturated carbocycles. The molecule has 0 aromatic heterocycles. The van der Waals surface area contributed by atoms with Crippen molar-refractivity contribution in [2.75, 3.05) is 0 Å². The summed E-state index contributed by atoms with van der Waals surface area (Å²) in [6.07, 6.45) is 5.86. The quantitative estimate of drug-likeness (QED) is 0.521. The van der Waals surface area contributed by atoms with E-state index in [2.05, 4.69) is 22.1 Å². The standard InChI is InChI=1S/C14H15N3O4S/c1-9-5-6-11(8-14(9)17(18)19)22(20,21)16-15-13-7-10-3-2-4-12(10)13/h2-3,5-6,8,10,12,16H,4,7H2,1H3/b15-13-/t10-,12+/m0/s1. The Balaban J connectivity index is 1.80. The first kappa shape index (κ1) is 14.7. The second-order valence-electron chi connectivity index (χ2n) is 5.54. The maximum absolute atomic E-state index is 12.2. The van der Waals surface area contributed by atoms with Crippen LogP contribution in [0.3, 0.4) is 0 Å². The lowest BCUT2D eigenvalue weighted by molar-refractivity contribution is -0.385. The van der Waals surface area contributed by atoms with E-state index >= 15 is 0 Å². The summed E-state index contributed by atoms with van der Waals surface area (Å²) < 4.78 is 24.4. The van der Waals surface area contributed by atoms with Gasteiger partial charge in [0.25, 0.3) is 15.7 Å². The summed E-state index contributed by atoms with van der Waals surface area (Å²) in [7, 11) is -3.90. The van der Waals surface area contributed by atoms with Gasteiger partial charge in [0, 0.05) is 23.3 Å². The fourth-order valence-electron chi connectivity index (χ4n) is 2.79. The minimum atomic E-state index is -3.90. The van der Waals surface area contributed by atoms with Crippen molar-refractivity contribution < 1.29 is 13.3 Å². The Morgan fingerprint density at radius 2 is 2.18 bits per heavy atom. The van der Waals surface area contributed by atoms with Gasteiger partial charge in [0.2, 0.25) is 0 Å². The Morgan fingerprint density at radius 3 is 2.86 bits per heavy atom. The summed E-state index contributed by atoms with van der Waals surface area (Å²) in [6, 6.07) is 3.81. The summed E-state index contributed by atoms with van der Waals surface area (Å²) in [5.41, 5.74) is 1.02. The van der Waals surface area contributed by atoms with Gasteiger partial charge in [-0.25, -0.2) is 4.83 Å². The molecule has 1 aromatic rings. The molecule has 3 rings (SSSR count). The first-order valence-electron chi connectivity index (χ1n) is 6.88. The fourth-order valence-corrected chi connectivity index (χ4v) is 3.64. The van der Waals surface area contributed by atoms with Gasteiger partial charge >= 0.3 is 0 Å². The van der Waals surface area contributed by atoms with Gasteiger partial charge in [0.15, 0.2) is 0 Å². The second-order valence-corrected chi connectivity index (χ2v) is 7.20. The van der Waals surface area contributed by atoms with Crippen molar-refractivity contribution in [3.8, 4) is 0 Å². The van der Waals surface area contributed by atoms with Crippen molar-refractivity contribution >= 4 is 21.4 Å². The summed E-state index contributed by atoms with van der Waals surface area (Å²) in [5, 5.41) is 14.9. The van der Waals surface area contributed by atoms with E-state index in [0.29, 0.717) is 17.4 Å². The summed E-state index contributed by atoms with van der Waals surface area (Å²) >= 11 is 0. The number of allylic oxidation sites excluding steroid dienone is 2. The van der Waals surface area contributed by atoms with Gasteiger partial charge in [-0.2, -0.15) is 13.5 Å². The predicted octanol–water partition coefficient (Wildman–Crippen LogP) is 2.13. The van der Waals surface area contributed by atoms with Crippen LogP contribution in [-0.4, -0.2) is 19.1 Å².